The minimum Gasteiger partial charge on any atom is -0.481 e. The molecule has 2 atom stereocenters. The minimum atomic E-state index is -1.07. The number of benzene rings is 2. The molecule has 0 unspecified atom stereocenters. The Morgan fingerprint density at radius 2 is 1.89 bits per heavy atom. The lowest BCUT2D eigenvalue weighted by Crippen LogP contribution is -2.55. The second kappa shape index (κ2) is 11.6. The maximum Gasteiger partial charge on any atom is 0.303 e. The molecule has 0 bridgehead atoms. The fourth-order valence-electron chi connectivity index (χ4n) is 4.95. The van der Waals surface area contributed by atoms with Crippen molar-refractivity contribution in [2.24, 2.45) is 0 Å². The molecule has 0 spiro atoms. The molecule has 2 aliphatic rings. The van der Waals surface area contributed by atoms with Crippen molar-refractivity contribution in [3.05, 3.63) is 71.1 Å². The topological polar surface area (TPSA) is 119 Å². The van der Waals surface area contributed by atoms with Crippen molar-refractivity contribution >= 4 is 34.5 Å². The first-order valence-corrected chi connectivity index (χ1v) is 12.9. The number of aliphatic carboxylic acids is 1. The highest BCUT2D eigenvalue weighted by atomic mass is 16.4. The van der Waals surface area contributed by atoms with Crippen LogP contribution in [0, 0.1) is 6.92 Å². The van der Waals surface area contributed by atoms with E-state index in [-0.39, 0.29) is 43.7 Å². The van der Waals surface area contributed by atoms with Crippen molar-refractivity contribution in [2.75, 3.05) is 13.6 Å². The molecule has 38 heavy (non-hydrogen) atoms. The van der Waals surface area contributed by atoms with Crippen LogP contribution in [0.1, 0.15) is 43.7 Å². The Morgan fingerprint density at radius 1 is 1.13 bits per heavy atom. The number of carbonyl (C=O) groups is 4. The van der Waals surface area contributed by atoms with Crippen LogP contribution in [0.25, 0.3) is 10.8 Å². The summed E-state index contributed by atoms with van der Waals surface area (Å²) >= 11 is 0. The quantitative estimate of drug-likeness (QED) is 0.495. The number of likely N-dealkylation sites (N-methyl/N-ethyl adjacent to an activating group) is 1. The molecule has 200 valence electrons. The molecule has 0 radical (unpaired) electrons. The Balaban J connectivity index is 1.80. The number of amides is 3. The van der Waals surface area contributed by atoms with Gasteiger partial charge in [0.15, 0.2) is 0 Å². The molecule has 2 aromatic rings. The number of carbonyl (C=O) groups excluding carboxylic acids is 3. The number of carboxylic acids is 1. The molecule has 0 aromatic heterocycles. The zero-order chi connectivity index (χ0) is 27.4. The number of fused-ring (bicyclic) bond motifs is 1. The van der Waals surface area contributed by atoms with E-state index in [1.165, 1.54) is 4.90 Å². The molecule has 1 heterocycles. The van der Waals surface area contributed by atoms with Crippen LogP contribution in [-0.4, -0.2) is 64.3 Å². The Bertz CT molecular complexity index is 1330. The van der Waals surface area contributed by atoms with Gasteiger partial charge in [-0.25, -0.2) is 0 Å². The van der Waals surface area contributed by atoms with E-state index >= 15 is 0 Å². The average molecular weight is 519 g/mol. The van der Waals surface area contributed by atoms with Gasteiger partial charge < -0.3 is 25.5 Å². The predicted molar refractivity (Wildman–Crippen MR) is 144 cm³/mol. The van der Waals surface area contributed by atoms with E-state index in [9.17, 15) is 19.2 Å². The third kappa shape index (κ3) is 5.62. The summed E-state index contributed by atoms with van der Waals surface area (Å²) in [5.41, 5.74) is 3.30. The first kappa shape index (κ1) is 27.1. The van der Waals surface area contributed by atoms with Crippen molar-refractivity contribution in [3.63, 3.8) is 0 Å². The first-order chi connectivity index (χ1) is 18.2. The van der Waals surface area contributed by atoms with Crippen molar-refractivity contribution < 1.29 is 24.3 Å². The summed E-state index contributed by atoms with van der Waals surface area (Å²) in [5, 5.41) is 16.9. The van der Waals surface area contributed by atoms with Gasteiger partial charge in [-0.05, 0) is 61.7 Å². The maximum atomic E-state index is 14.1. The largest absolute Gasteiger partial charge is 0.481 e. The van der Waals surface area contributed by atoms with E-state index in [1.54, 1.807) is 18.9 Å². The van der Waals surface area contributed by atoms with Gasteiger partial charge in [0, 0.05) is 12.1 Å². The Kier molecular flexibility index (Phi) is 8.26. The lowest BCUT2D eigenvalue weighted by atomic mass is 9.98. The first-order valence-electron chi connectivity index (χ1n) is 12.9. The molecular formula is C29H34N4O5. The van der Waals surface area contributed by atoms with E-state index in [2.05, 4.69) is 16.7 Å². The fourth-order valence-corrected chi connectivity index (χ4v) is 4.95. The minimum absolute atomic E-state index is 0.0584. The summed E-state index contributed by atoms with van der Waals surface area (Å²) in [7, 11) is 1.65. The van der Waals surface area contributed by atoms with Crippen LogP contribution in [-0.2, 0) is 25.7 Å². The van der Waals surface area contributed by atoms with Gasteiger partial charge in [-0.15, -0.1) is 0 Å². The fraction of sp³-hybridized carbons (Fsp3) is 0.379. The lowest BCUT2D eigenvalue weighted by molar-refractivity contribution is -0.141. The number of allylic oxidation sites excluding steroid dienone is 3. The molecular weight excluding hydrogens is 484 g/mol. The van der Waals surface area contributed by atoms with Crippen LogP contribution in [0.2, 0.25) is 0 Å². The summed E-state index contributed by atoms with van der Waals surface area (Å²) < 4.78 is 0. The number of nitrogens with one attached hydrogen (secondary N) is 2. The van der Waals surface area contributed by atoms with E-state index in [0.29, 0.717) is 24.2 Å². The maximum absolute atomic E-state index is 14.1. The summed E-state index contributed by atoms with van der Waals surface area (Å²) in [6.45, 7) is 3.90. The van der Waals surface area contributed by atoms with Gasteiger partial charge in [0.05, 0.1) is 31.2 Å². The van der Waals surface area contributed by atoms with Gasteiger partial charge in [-0.2, -0.15) is 0 Å². The smallest absolute Gasteiger partial charge is 0.303 e. The van der Waals surface area contributed by atoms with Gasteiger partial charge in [0.25, 0.3) is 5.91 Å². The Hall–Kier alpha value is -3.98. The molecule has 2 aromatic carbocycles. The van der Waals surface area contributed by atoms with Crippen LogP contribution >= 0.6 is 0 Å². The van der Waals surface area contributed by atoms with Gasteiger partial charge in [-0.1, -0.05) is 42.5 Å². The van der Waals surface area contributed by atoms with Crippen LogP contribution in [0.3, 0.4) is 0 Å². The SMILES string of the molecule is CN[C@@H](C)C(=O)N[C@H]1CN(C(=O)CCC(=O)O)C2=C(C=CCC2)N(Cc2c(C)ccc3ccccc23)C1=O. The standard InChI is InChI=1S/C29H34N4O5/c1-18-12-13-20-8-4-5-9-21(20)22(18)16-33-25-11-7-6-10-24(25)32(26(34)14-15-27(35)36)17-23(29(33)38)31-28(37)19(2)30-3/h4-5,7-9,11-13,19,23,30H,6,10,14-17H2,1-3H3,(H,31,37)(H,35,36)/t19-,23-/m0/s1. The summed E-state index contributed by atoms with van der Waals surface area (Å²) in [6, 6.07) is 10.5. The Labute approximate surface area is 222 Å². The molecule has 4 rings (SSSR count). The monoisotopic (exact) mass is 518 g/mol. The summed E-state index contributed by atoms with van der Waals surface area (Å²) in [6.07, 6.45) is 4.53. The highest BCUT2D eigenvalue weighted by Crippen LogP contribution is 2.33. The molecule has 3 amide bonds. The normalized spacial score (nSPS) is 18.3. The molecule has 1 aliphatic carbocycles. The molecule has 1 aliphatic heterocycles. The third-order valence-electron chi connectivity index (χ3n) is 7.25. The molecule has 9 nitrogen and oxygen atoms in total. The summed E-state index contributed by atoms with van der Waals surface area (Å²) in [4.78, 5) is 54.6. The number of hydrogen-bond acceptors (Lipinski definition) is 5. The van der Waals surface area contributed by atoms with Crippen molar-refractivity contribution in [2.45, 2.75) is 58.2 Å². The van der Waals surface area contributed by atoms with E-state index in [4.69, 9.17) is 5.11 Å². The Morgan fingerprint density at radius 3 is 2.63 bits per heavy atom. The molecule has 0 saturated carbocycles. The third-order valence-corrected chi connectivity index (χ3v) is 7.25. The van der Waals surface area contributed by atoms with Crippen LogP contribution in [0.5, 0.6) is 0 Å². The predicted octanol–water partition coefficient (Wildman–Crippen LogP) is 2.84. The number of hydrogen-bond donors (Lipinski definition) is 3. The van der Waals surface area contributed by atoms with Crippen LogP contribution in [0.4, 0.5) is 0 Å². The van der Waals surface area contributed by atoms with Crippen LogP contribution in [0.15, 0.2) is 59.9 Å². The highest BCUT2D eigenvalue weighted by Gasteiger charge is 2.38. The molecule has 0 fully saturated rings. The number of carboxylic acid groups (broad SMARTS) is 1. The van der Waals surface area contributed by atoms with E-state index in [1.807, 2.05) is 49.4 Å². The van der Waals surface area contributed by atoms with Gasteiger partial charge in [0.1, 0.15) is 6.04 Å². The second-order valence-electron chi connectivity index (χ2n) is 9.75. The van der Waals surface area contributed by atoms with Gasteiger partial charge in [0.2, 0.25) is 11.8 Å². The highest BCUT2D eigenvalue weighted by molar-refractivity contribution is 5.93. The number of aryl methyl sites for hydroxylation is 1. The second-order valence-corrected chi connectivity index (χ2v) is 9.75. The zero-order valence-electron chi connectivity index (χ0n) is 22.0. The van der Waals surface area contributed by atoms with Gasteiger partial charge >= 0.3 is 5.97 Å². The van der Waals surface area contributed by atoms with Crippen molar-refractivity contribution in [1.82, 2.24) is 20.4 Å². The zero-order valence-corrected chi connectivity index (χ0v) is 22.0. The van der Waals surface area contributed by atoms with E-state index < -0.39 is 18.1 Å². The molecule has 0 saturated heterocycles. The number of nitrogens with zero attached hydrogens (tertiary/aromatic N) is 2. The summed E-state index contributed by atoms with van der Waals surface area (Å²) in [5.74, 6) is -2.13. The molecule has 3 N–H and O–H groups in total. The van der Waals surface area contributed by atoms with E-state index in [0.717, 1.165) is 21.9 Å². The molecule has 9 heteroatoms. The lowest BCUT2D eigenvalue weighted by Gasteiger charge is -2.30. The van der Waals surface area contributed by atoms with Crippen LogP contribution < -0.4 is 10.6 Å². The van der Waals surface area contributed by atoms with Crippen molar-refractivity contribution in [1.29, 1.82) is 0 Å². The number of rotatable bonds is 8. The van der Waals surface area contributed by atoms with Gasteiger partial charge in [-0.3, -0.25) is 19.2 Å². The van der Waals surface area contributed by atoms with Crippen molar-refractivity contribution in [3.8, 4) is 0 Å². The average Bonchev–Trinajstić information content (AvgIpc) is 3.03.